The van der Waals surface area contributed by atoms with Gasteiger partial charge in [0.1, 0.15) is 0 Å². The molecule has 0 unspecified atom stereocenters. The highest BCUT2D eigenvalue weighted by atomic mass is 19.4. The fourth-order valence-corrected chi connectivity index (χ4v) is 1.58. The highest BCUT2D eigenvalue weighted by molar-refractivity contribution is 6.17. The molecule has 0 saturated heterocycles. The molecule has 0 rings (SSSR count). The highest BCUT2D eigenvalue weighted by Crippen LogP contribution is 2.48. The Kier molecular flexibility index (Phi) is 6.89. The van der Waals surface area contributed by atoms with Gasteiger partial charge in [0.25, 0.3) is 0 Å². The van der Waals surface area contributed by atoms with Gasteiger partial charge in [-0.1, -0.05) is 0 Å². The Hall–Kier alpha value is -2.66. The quantitative estimate of drug-likeness (QED) is 0.174. The van der Waals surface area contributed by atoms with Crippen LogP contribution in [-0.4, -0.2) is 58.5 Å². The van der Waals surface area contributed by atoms with E-state index in [9.17, 15) is 36.7 Å². The summed E-state index contributed by atoms with van der Waals surface area (Å²) in [7, 11) is 2.08. The lowest BCUT2D eigenvalue weighted by Gasteiger charge is -2.29. The van der Waals surface area contributed by atoms with Crippen LogP contribution in [0.15, 0.2) is 11.4 Å². The van der Waals surface area contributed by atoms with Gasteiger partial charge in [-0.15, -0.1) is 0 Å². The molecular formula is C12H12F4O8. The first-order valence-electron chi connectivity index (χ1n) is 5.77. The lowest BCUT2D eigenvalue weighted by Crippen LogP contribution is -2.54. The second kappa shape index (κ2) is 7.75. The Bertz CT molecular complexity index is 544. The standard InChI is InChI=1S/C12H12F4O8/c1-21-7(17)5(8(18)22-2)6(13)11(9(19)23-3,10(20)24-4)12(14,15)16/h1-4H3. The lowest BCUT2D eigenvalue weighted by molar-refractivity contribution is -0.232. The van der Waals surface area contributed by atoms with Gasteiger partial charge >= 0.3 is 35.5 Å². The van der Waals surface area contributed by atoms with Crippen molar-refractivity contribution in [3.8, 4) is 0 Å². The van der Waals surface area contributed by atoms with Gasteiger partial charge in [-0.25, -0.2) is 14.0 Å². The summed E-state index contributed by atoms with van der Waals surface area (Å²) in [6, 6.07) is 0. The maximum Gasteiger partial charge on any atom is 0.422 e. The van der Waals surface area contributed by atoms with Crippen LogP contribution in [0.4, 0.5) is 17.6 Å². The average Bonchev–Trinajstić information content (AvgIpc) is 2.52. The molecule has 8 nitrogen and oxygen atoms in total. The maximum atomic E-state index is 14.6. The number of carbonyl (C=O) groups is 4. The van der Waals surface area contributed by atoms with Crippen LogP contribution in [-0.2, 0) is 38.1 Å². The van der Waals surface area contributed by atoms with Crippen LogP contribution in [0, 0.1) is 5.41 Å². The Morgan fingerprint density at radius 2 is 1.04 bits per heavy atom. The molecule has 0 aromatic carbocycles. The van der Waals surface area contributed by atoms with Crippen LogP contribution in [0.25, 0.3) is 0 Å². The van der Waals surface area contributed by atoms with Crippen LogP contribution in [0.2, 0.25) is 0 Å². The molecule has 0 atom stereocenters. The third kappa shape index (κ3) is 3.31. The van der Waals surface area contributed by atoms with Crippen molar-refractivity contribution in [2.75, 3.05) is 28.4 Å². The van der Waals surface area contributed by atoms with Crippen molar-refractivity contribution in [1.82, 2.24) is 0 Å². The van der Waals surface area contributed by atoms with E-state index in [-0.39, 0.29) is 0 Å². The first-order chi connectivity index (χ1) is 11.0. The fourth-order valence-electron chi connectivity index (χ4n) is 1.58. The van der Waals surface area contributed by atoms with Crippen molar-refractivity contribution in [2.45, 2.75) is 6.18 Å². The van der Waals surface area contributed by atoms with Gasteiger partial charge in [-0.3, -0.25) is 9.59 Å². The second-order valence-electron chi connectivity index (χ2n) is 3.90. The minimum absolute atomic E-state index is 0.426. The maximum absolute atomic E-state index is 14.6. The van der Waals surface area contributed by atoms with E-state index in [1.54, 1.807) is 0 Å². The molecule has 0 saturated carbocycles. The number of rotatable bonds is 5. The van der Waals surface area contributed by atoms with E-state index in [2.05, 4.69) is 18.9 Å². The molecule has 0 fully saturated rings. The Labute approximate surface area is 132 Å². The summed E-state index contributed by atoms with van der Waals surface area (Å²) >= 11 is 0. The second-order valence-corrected chi connectivity index (χ2v) is 3.90. The smallest absolute Gasteiger partial charge is 0.422 e. The molecule has 24 heavy (non-hydrogen) atoms. The molecule has 136 valence electrons. The predicted octanol–water partition coefficient (Wildman–Crippen LogP) is 0.451. The number of hydrogen-bond donors (Lipinski definition) is 0. The van der Waals surface area contributed by atoms with E-state index in [4.69, 9.17) is 0 Å². The summed E-state index contributed by atoms with van der Waals surface area (Å²) in [4.78, 5) is 46.2. The van der Waals surface area contributed by atoms with E-state index >= 15 is 0 Å². The fraction of sp³-hybridized carbons (Fsp3) is 0.500. The average molecular weight is 360 g/mol. The van der Waals surface area contributed by atoms with E-state index in [1.165, 1.54) is 0 Å². The summed E-state index contributed by atoms with van der Waals surface area (Å²) in [5.41, 5.74) is -6.66. The molecule has 0 spiro atoms. The van der Waals surface area contributed by atoms with Gasteiger partial charge in [-0.05, 0) is 0 Å². The normalized spacial score (nSPS) is 11.2. The number of ether oxygens (including phenoxy) is 4. The largest absolute Gasteiger partial charge is 0.468 e. The molecule has 0 amide bonds. The number of halogens is 4. The van der Waals surface area contributed by atoms with Crippen LogP contribution in [0.5, 0.6) is 0 Å². The zero-order valence-electron chi connectivity index (χ0n) is 12.8. The summed E-state index contributed by atoms with van der Waals surface area (Å²) in [5.74, 6) is -11.6. The van der Waals surface area contributed by atoms with Gasteiger partial charge < -0.3 is 18.9 Å². The van der Waals surface area contributed by atoms with E-state index in [0.29, 0.717) is 28.4 Å². The molecule has 0 aromatic heterocycles. The first-order valence-corrected chi connectivity index (χ1v) is 5.77. The third-order valence-electron chi connectivity index (χ3n) is 2.74. The molecule has 0 aliphatic rings. The zero-order valence-corrected chi connectivity index (χ0v) is 12.8. The molecule has 0 aliphatic carbocycles. The van der Waals surface area contributed by atoms with Crippen molar-refractivity contribution in [3.05, 3.63) is 11.4 Å². The summed E-state index contributed by atoms with van der Waals surface area (Å²) < 4.78 is 70.4. The third-order valence-corrected chi connectivity index (χ3v) is 2.74. The number of methoxy groups -OCH3 is 4. The minimum Gasteiger partial charge on any atom is -0.468 e. The van der Waals surface area contributed by atoms with Crippen LogP contribution in [0.3, 0.4) is 0 Å². The molecule has 0 heterocycles. The topological polar surface area (TPSA) is 105 Å². The van der Waals surface area contributed by atoms with Crippen molar-refractivity contribution in [2.24, 2.45) is 5.41 Å². The van der Waals surface area contributed by atoms with Crippen molar-refractivity contribution < 1.29 is 55.7 Å². The Morgan fingerprint density at radius 3 is 1.25 bits per heavy atom. The summed E-state index contributed by atoms with van der Waals surface area (Å²) in [6.45, 7) is 0. The molecule has 12 heteroatoms. The number of alkyl halides is 3. The van der Waals surface area contributed by atoms with Crippen molar-refractivity contribution >= 4 is 23.9 Å². The zero-order chi connectivity index (χ0) is 19.3. The molecule has 0 radical (unpaired) electrons. The predicted molar refractivity (Wildman–Crippen MR) is 64.7 cm³/mol. The van der Waals surface area contributed by atoms with Crippen molar-refractivity contribution in [1.29, 1.82) is 0 Å². The molecule has 0 bridgehead atoms. The number of carbonyl (C=O) groups excluding carboxylic acids is 4. The van der Waals surface area contributed by atoms with Crippen molar-refractivity contribution in [3.63, 3.8) is 0 Å². The number of hydrogen-bond acceptors (Lipinski definition) is 8. The Morgan fingerprint density at radius 1 is 0.708 bits per heavy atom. The van der Waals surface area contributed by atoms with Gasteiger partial charge in [-0.2, -0.15) is 13.2 Å². The number of esters is 4. The van der Waals surface area contributed by atoms with E-state index in [0.717, 1.165) is 0 Å². The van der Waals surface area contributed by atoms with E-state index in [1.807, 2.05) is 0 Å². The summed E-state index contributed by atoms with van der Waals surface area (Å²) in [6.07, 6.45) is -5.97. The lowest BCUT2D eigenvalue weighted by atomic mass is 9.83. The van der Waals surface area contributed by atoms with Gasteiger partial charge in [0.05, 0.1) is 28.4 Å². The minimum atomic E-state index is -5.97. The van der Waals surface area contributed by atoms with Crippen LogP contribution in [0.1, 0.15) is 0 Å². The molecule has 0 aliphatic heterocycles. The first kappa shape index (κ1) is 21.3. The van der Waals surface area contributed by atoms with Gasteiger partial charge in [0, 0.05) is 0 Å². The van der Waals surface area contributed by atoms with Crippen LogP contribution < -0.4 is 0 Å². The Balaban J connectivity index is 7.09. The monoisotopic (exact) mass is 360 g/mol. The van der Waals surface area contributed by atoms with Crippen LogP contribution >= 0.6 is 0 Å². The highest BCUT2D eigenvalue weighted by Gasteiger charge is 2.73. The SMILES string of the molecule is COC(=O)C(C(=O)OC)=C(F)C(C(=O)OC)(C(=O)OC)C(F)(F)F. The van der Waals surface area contributed by atoms with Gasteiger partial charge in [0.15, 0.2) is 11.4 Å². The summed E-state index contributed by atoms with van der Waals surface area (Å²) in [5, 5.41) is 0. The molecule has 0 N–H and O–H groups in total. The van der Waals surface area contributed by atoms with Gasteiger partial charge in [0.2, 0.25) is 0 Å². The van der Waals surface area contributed by atoms with E-state index < -0.39 is 46.9 Å². The molecular weight excluding hydrogens is 348 g/mol. The molecule has 0 aromatic rings.